The van der Waals surface area contributed by atoms with Crippen LogP contribution in [0.2, 0.25) is 0 Å². The third-order valence-corrected chi connectivity index (χ3v) is 3.54. The summed E-state index contributed by atoms with van der Waals surface area (Å²) in [6.45, 7) is 5.40. The van der Waals surface area contributed by atoms with E-state index in [1.807, 2.05) is 0 Å². The molecule has 18 heavy (non-hydrogen) atoms. The second kappa shape index (κ2) is 5.24. The maximum absolute atomic E-state index is 13.0. The monoisotopic (exact) mass is 275 g/mol. The molecule has 0 aromatic heterocycles. The van der Waals surface area contributed by atoms with Crippen LogP contribution in [0.3, 0.4) is 0 Å². The smallest absolute Gasteiger partial charge is 0.209 e. The Morgan fingerprint density at radius 3 is 2.56 bits per heavy atom. The van der Waals surface area contributed by atoms with Crippen molar-refractivity contribution in [3.63, 3.8) is 0 Å². The van der Waals surface area contributed by atoms with Gasteiger partial charge in [-0.05, 0) is 18.6 Å². The molecule has 0 unspecified atom stereocenters. The lowest BCUT2D eigenvalue weighted by Gasteiger charge is -2.24. The molecule has 0 aliphatic heterocycles. The zero-order chi connectivity index (χ0) is 14.0. The molecule has 1 aromatic carbocycles. The number of primary sulfonamides is 1. The molecule has 102 valence electrons. The summed E-state index contributed by atoms with van der Waals surface area (Å²) >= 11 is 0. The first-order chi connectivity index (χ1) is 8.09. The van der Waals surface area contributed by atoms with Crippen LogP contribution in [0, 0.1) is 18.2 Å². The molecule has 0 atom stereocenters. The lowest BCUT2D eigenvalue weighted by atomic mass is 9.98. The Bertz CT molecular complexity index is 526. The van der Waals surface area contributed by atoms with Crippen molar-refractivity contribution in [2.24, 2.45) is 10.6 Å². The predicted octanol–water partition coefficient (Wildman–Crippen LogP) is 1.83. The minimum atomic E-state index is -3.56. The number of sulfonamides is 1. The van der Waals surface area contributed by atoms with Crippen LogP contribution >= 0.6 is 0 Å². The van der Waals surface area contributed by atoms with E-state index >= 15 is 0 Å². The zero-order valence-corrected chi connectivity index (χ0v) is 11.6. The fourth-order valence-corrected chi connectivity index (χ4v) is 2.76. The summed E-state index contributed by atoms with van der Waals surface area (Å²) in [5.74, 6) is -0.161. The average Bonchev–Trinajstić information content (AvgIpc) is 2.16. The highest BCUT2D eigenvalue weighted by Crippen LogP contribution is 2.23. The molecule has 2 N–H and O–H groups in total. The Morgan fingerprint density at radius 2 is 2.00 bits per heavy atom. The normalized spacial score (nSPS) is 12.5. The zero-order valence-electron chi connectivity index (χ0n) is 10.7. The molecule has 0 aliphatic rings. The van der Waals surface area contributed by atoms with E-state index in [2.05, 4.69) is 0 Å². The molecular formula is C12H18FNO3S. The summed E-state index contributed by atoms with van der Waals surface area (Å²) in [6, 6.07) is 4.23. The topological polar surface area (TPSA) is 69.4 Å². The van der Waals surface area contributed by atoms with Gasteiger partial charge in [0.05, 0.1) is 12.4 Å². The molecule has 0 amide bonds. The first kappa shape index (κ1) is 14.9. The van der Waals surface area contributed by atoms with Crippen LogP contribution in [0.1, 0.15) is 19.4 Å². The van der Waals surface area contributed by atoms with Crippen molar-refractivity contribution in [2.45, 2.75) is 20.8 Å². The van der Waals surface area contributed by atoms with E-state index in [0.717, 1.165) is 5.56 Å². The Morgan fingerprint density at radius 1 is 1.39 bits per heavy atom. The van der Waals surface area contributed by atoms with Crippen LogP contribution in [-0.2, 0) is 10.0 Å². The Balaban J connectivity index is 2.72. The number of ether oxygens (including phenoxy) is 1. The van der Waals surface area contributed by atoms with Crippen molar-refractivity contribution in [3.8, 4) is 5.75 Å². The quantitative estimate of drug-likeness (QED) is 0.891. The molecule has 0 saturated heterocycles. The molecule has 1 aromatic rings. The number of aryl methyl sites for hydroxylation is 1. The summed E-state index contributed by atoms with van der Waals surface area (Å²) in [5.41, 5.74) is 0.162. The molecule has 0 aliphatic carbocycles. The van der Waals surface area contributed by atoms with E-state index in [0.29, 0.717) is 5.75 Å². The molecule has 0 saturated carbocycles. The second-order valence-corrected chi connectivity index (χ2v) is 6.78. The average molecular weight is 275 g/mol. The van der Waals surface area contributed by atoms with Crippen molar-refractivity contribution < 1.29 is 17.5 Å². The van der Waals surface area contributed by atoms with Gasteiger partial charge in [-0.25, -0.2) is 17.9 Å². The molecule has 4 nitrogen and oxygen atoms in total. The van der Waals surface area contributed by atoms with Crippen LogP contribution in [0.25, 0.3) is 0 Å². The number of rotatable bonds is 5. The predicted molar refractivity (Wildman–Crippen MR) is 68.4 cm³/mol. The largest absolute Gasteiger partial charge is 0.493 e. The molecule has 0 fully saturated rings. The fourth-order valence-electron chi connectivity index (χ4n) is 1.59. The molecule has 1 rings (SSSR count). The van der Waals surface area contributed by atoms with E-state index in [-0.39, 0.29) is 18.2 Å². The minimum Gasteiger partial charge on any atom is -0.493 e. The molecule has 0 radical (unpaired) electrons. The van der Waals surface area contributed by atoms with Gasteiger partial charge >= 0.3 is 0 Å². The second-order valence-electron chi connectivity index (χ2n) is 5.17. The van der Waals surface area contributed by atoms with Crippen molar-refractivity contribution in [1.29, 1.82) is 0 Å². The summed E-state index contributed by atoms with van der Waals surface area (Å²) < 4.78 is 40.6. The fraction of sp³-hybridized carbons (Fsp3) is 0.500. The third-order valence-electron chi connectivity index (χ3n) is 2.36. The summed E-state index contributed by atoms with van der Waals surface area (Å²) in [7, 11) is -3.56. The molecule has 6 heteroatoms. The number of hydrogen-bond donors (Lipinski definition) is 1. The van der Waals surface area contributed by atoms with Crippen LogP contribution in [0.5, 0.6) is 5.75 Å². The van der Waals surface area contributed by atoms with E-state index in [1.54, 1.807) is 26.8 Å². The van der Waals surface area contributed by atoms with Gasteiger partial charge in [0, 0.05) is 11.5 Å². The SMILES string of the molecule is Cc1ccc(F)cc1OCC(C)(C)CS(N)(=O)=O. The lowest BCUT2D eigenvalue weighted by Crippen LogP contribution is -2.33. The van der Waals surface area contributed by atoms with Crippen LogP contribution < -0.4 is 9.88 Å². The number of benzene rings is 1. The number of nitrogens with two attached hydrogens (primary N) is 1. The van der Waals surface area contributed by atoms with E-state index in [1.165, 1.54) is 12.1 Å². The van der Waals surface area contributed by atoms with Crippen LogP contribution in [-0.4, -0.2) is 20.8 Å². The van der Waals surface area contributed by atoms with Crippen molar-refractivity contribution in [3.05, 3.63) is 29.6 Å². The molecular weight excluding hydrogens is 257 g/mol. The van der Waals surface area contributed by atoms with Crippen molar-refractivity contribution >= 4 is 10.0 Å². The molecule has 0 bridgehead atoms. The van der Waals surface area contributed by atoms with Gasteiger partial charge in [0.2, 0.25) is 10.0 Å². The van der Waals surface area contributed by atoms with Gasteiger partial charge in [-0.1, -0.05) is 19.9 Å². The van der Waals surface area contributed by atoms with Crippen molar-refractivity contribution in [1.82, 2.24) is 0 Å². The first-order valence-corrected chi connectivity index (χ1v) is 7.20. The molecule has 0 spiro atoms. The van der Waals surface area contributed by atoms with Crippen LogP contribution in [0.4, 0.5) is 4.39 Å². The summed E-state index contributed by atoms with van der Waals surface area (Å²) in [4.78, 5) is 0. The standard InChI is InChI=1S/C12H18FNO3S/c1-9-4-5-10(13)6-11(9)17-7-12(2,3)8-18(14,15)16/h4-6H,7-8H2,1-3H3,(H2,14,15,16). The van der Waals surface area contributed by atoms with Gasteiger partial charge < -0.3 is 4.74 Å². The highest BCUT2D eigenvalue weighted by Gasteiger charge is 2.25. The van der Waals surface area contributed by atoms with E-state index < -0.39 is 15.4 Å². The minimum absolute atomic E-state index is 0.147. The highest BCUT2D eigenvalue weighted by molar-refractivity contribution is 7.89. The Kier molecular flexibility index (Phi) is 4.34. The van der Waals surface area contributed by atoms with Crippen LogP contribution in [0.15, 0.2) is 18.2 Å². The Labute approximate surface area is 107 Å². The van der Waals surface area contributed by atoms with Gasteiger partial charge in [0.1, 0.15) is 11.6 Å². The van der Waals surface area contributed by atoms with E-state index in [4.69, 9.17) is 9.88 Å². The Hall–Kier alpha value is -1.14. The van der Waals surface area contributed by atoms with Gasteiger partial charge in [0.15, 0.2) is 0 Å². The maximum atomic E-state index is 13.0. The number of hydrogen-bond acceptors (Lipinski definition) is 3. The van der Waals surface area contributed by atoms with Gasteiger partial charge in [-0.2, -0.15) is 0 Å². The lowest BCUT2D eigenvalue weighted by molar-refractivity contribution is 0.198. The summed E-state index contributed by atoms with van der Waals surface area (Å²) in [6.07, 6.45) is 0. The van der Waals surface area contributed by atoms with Gasteiger partial charge in [0.25, 0.3) is 0 Å². The number of halogens is 1. The highest BCUT2D eigenvalue weighted by atomic mass is 32.2. The molecule has 0 heterocycles. The summed E-state index contributed by atoms with van der Waals surface area (Å²) in [5, 5.41) is 5.00. The van der Waals surface area contributed by atoms with E-state index in [9.17, 15) is 12.8 Å². The third kappa shape index (κ3) is 5.01. The van der Waals surface area contributed by atoms with Gasteiger partial charge in [-0.15, -0.1) is 0 Å². The van der Waals surface area contributed by atoms with Gasteiger partial charge in [-0.3, -0.25) is 0 Å². The maximum Gasteiger partial charge on any atom is 0.209 e. The first-order valence-electron chi connectivity index (χ1n) is 5.48. The van der Waals surface area contributed by atoms with Crippen molar-refractivity contribution in [2.75, 3.05) is 12.4 Å².